The van der Waals surface area contributed by atoms with Gasteiger partial charge in [0, 0.05) is 12.0 Å². The Balaban J connectivity index is 2.17. The van der Waals surface area contributed by atoms with Crippen molar-refractivity contribution in [3.63, 3.8) is 0 Å². The van der Waals surface area contributed by atoms with Crippen LogP contribution in [-0.4, -0.2) is 20.2 Å². The molecule has 15 heavy (non-hydrogen) atoms. The zero-order valence-electron chi connectivity index (χ0n) is 9.55. The van der Waals surface area contributed by atoms with E-state index in [0.717, 1.165) is 18.9 Å². The molecule has 0 bridgehead atoms. The summed E-state index contributed by atoms with van der Waals surface area (Å²) in [6.45, 7) is 3.83. The standard InChI is InChI=1S/C13H19NO/c1-3-15-12-6-4-5-11(9-12)13(7-8-13)10-14-2/h4-6,9,14H,3,7-8,10H2,1-2H3. The molecule has 1 N–H and O–H groups in total. The molecule has 1 fully saturated rings. The zero-order valence-corrected chi connectivity index (χ0v) is 9.55. The van der Waals surface area contributed by atoms with Crippen LogP contribution in [0.3, 0.4) is 0 Å². The van der Waals surface area contributed by atoms with Crippen LogP contribution in [0.1, 0.15) is 25.3 Å². The zero-order chi connectivity index (χ0) is 10.7. The largest absolute Gasteiger partial charge is 0.494 e. The second-order valence-corrected chi connectivity index (χ2v) is 4.27. The van der Waals surface area contributed by atoms with Gasteiger partial charge in [0.15, 0.2) is 0 Å². The van der Waals surface area contributed by atoms with Crippen LogP contribution in [0.2, 0.25) is 0 Å². The van der Waals surface area contributed by atoms with Crippen molar-refractivity contribution in [2.24, 2.45) is 0 Å². The lowest BCUT2D eigenvalue weighted by Gasteiger charge is -2.16. The van der Waals surface area contributed by atoms with Gasteiger partial charge in [0.25, 0.3) is 0 Å². The normalized spacial score (nSPS) is 17.5. The van der Waals surface area contributed by atoms with E-state index in [0.29, 0.717) is 5.41 Å². The fourth-order valence-electron chi connectivity index (χ4n) is 2.14. The highest BCUT2D eigenvalue weighted by molar-refractivity contribution is 5.37. The van der Waals surface area contributed by atoms with Crippen LogP contribution in [0.25, 0.3) is 0 Å². The minimum Gasteiger partial charge on any atom is -0.494 e. The highest BCUT2D eigenvalue weighted by atomic mass is 16.5. The Morgan fingerprint density at radius 2 is 2.20 bits per heavy atom. The predicted octanol–water partition coefficient (Wildman–Crippen LogP) is 2.34. The fraction of sp³-hybridized carbons (Fsp3) is 0.538. The van der Waals surface area contributed by atoms with E-state index in [1.54, 1.807) is 0 Å². The van der Waals surface area contributed by atoms with E-state index in [9.17, 15) is 0 Å². The quantitative estimate of drug-likeness (QED) is 0.796. The van der Waals surface area contributed by atoms with E-state index >= 15 is 0 Å². The fourth-order valence-corrected chi connectivity index (χ4v) is 2.14. The molecule has 0 radical (unpaired) electrons. The van der Waals surface area contributed by atoms with Gasteiger partial charge in [0.2, 0.25) is 0 Å². The molecule has 0 saturated heterocycles. The first-order valence-corrected chi connectivity index (χ1v) is 5.69. The first-order chi connectivity index (χ1) is 7.30. The molecule has 2 nitrogen and oxygen atoms in total. The lowest BCUT2D eigenvalue weighted by atomic mass is 9.96. The van der Waals surface area contributed by atoms with E-state index in [1.165, 1.54) is 18.4 Å². The first kappa shape index (κ1) is 10.5. The summed E-state index contributed by atoms with van der Waals surface area (Å²) >= 11 is 0. The van der Waals surface area contributed by atoms with E-state index < -0.39 is 0 Å². The van der Waals surface area contributed by atoms with Crippen molar-refractivity contribution in [2.45, 2.75) is 25.2 Å². The summed E-state index contributed by atoms with van der Waals surface area (Å²) in [6, 6.07) is 8.53. The summed E-state index contributed by atoms with van der Waals surface area (Å²) in [5, 5.41) is 3.28. The van der Waals surface area contributed by atoms with Crippen molar-refractivity contribution < 1.29 is 4.74 Å². The SMILES string of the molecule is CCOc1cccc(C2(CNC)CC2)c1. The van der Waals surface area contributed by atoms with Crippen molar-refractivity contribution in [3.8, 4) is 5.75 Å². The molecule has 1 aromatic carbocycles. The van der Waals surface area contributed by atoms with Gasteiger partial charge in [0.05, 0.1) is 6.61 Å². The topological polar surface area (TPSA) is 21.3 Å². The molecule has 2 heteroatoms. The van der Waals surface area contributed by atoms with Crippen molar-refractivity contribution in [1.29, 1.82) is 0 Å². The van der Waals surface area contributed by atoms with Crippen LogP contribution in [-0.2, 0) is 5.41 Å². The number of likely N-dealkylation sites (N-methyl/N-ethyl adjacent to an activating group) is 1. The summed E-state index contributed by atoms with van der Waals surface area (Å²) in [5.74, 6) is 0.998. The molecular formula is C13H19NO. The minimum absolute atomic E-state index is 0.391. The summed E-state index contributed by atoms with van der Waals surface area (Å²) < 4.78 is 5.53. The summed E-state index contributed by atoms with van der Waals surface area (Å²) in [4.78, 5) is 0. The van der Waals surface area contributed by atoms with Crippen LogP contribution in [0.5, 0.6) is 5.75 Å². The van der Waals surface area contributed by atoms with Crippen molar-refractivity contribution in [1.82, 2.24) is 5.32 Å². The van der Waals surface area contributed by atoms with Gasteiger partial charge >= 0.3 is 0 Å². The predicted molar refractivity (Wildman–Crippen MR) is 62.4 cm³/mol. The maximum atomic E-state index is 5.53. The molecule has 0 heterocycles. The Morgan fingerprint density at radius 3 is 2.80 bits per heavy atom. The van der Waals surface area contributed by atoms with E-state index in [1.807, 2.05) is 20.0 Å². The second kappa shape index (κ2) is 4.23. The van der Waals surface area contributed by atoms with Crippen LogP contribution in [0, 0.1) is 0 Å². The molecule has 0 unspecified atom stereocenters. The lowest BCUT2D eigenvalue weighted by molar-refractivity contribution is 0.339. The average molecular weight is 205 g/mol. The molecule has 1 aliphatic rings. The molecule has 1 aliphatic carbocycles. The monoisotopic (exact) mass is 205 g/mol. The smallest absolute Gasteiger partial charge is 0.119 e. The Kier molecular flexibility index (Phi) is 2.96. The van der Waals surface area contributed by atoms with E-state index in [-0.39, 0.29) is 0 Å². The van der Waals surface area contributed by atoms with Crippen molar-refractivity contribution in [3.05, 3.63) is 29.8 Å². The molecule has 0 aliphatic heterocycles. The third-order valence-electron chi connectivity index (χ3n) is 3.13. The maximum Gasteiger partial charge on any atom is 0.119 e. The summed E-state index contributed by atoms with van der Waals surface area (Å²) in [7, 11) is 2.02. The number of rotatable bonds is 5. The van der Waals surface area contributed by atoms with E-state index in [4.69, 9.17) is 4.74 Å². The number of ether oxygens (including phenoxy) is 1. The molecule has 0 aromatic heterocycles. The third kappa shape index (κ3) is 2.15. The Labute approximate surface area is 91.6 Å². The van der Waals surface area contributed by atoms with Gasteiger partial charge in [0.1, 0.15) is 5.75 Å². The molecular weight excluding hydrogens is 186 g/mol. The molecule has 1 saturated carbocycles. The van der Waals surface area contributed by atoms with E-state index in [2.05, 4.69) is 23.5 Å². The number of benzene rings is 1. The van der Waals surface area contributed by atoms with Crippen LogP contribution in [0.4, 0.5) is 0 Å². The van der Waals surface area contributed by atoms with Gasteiger partial charge < -0.3 is 10.1 Å². The third-order valence-corrected chi connectivity index (χ3v) is 3.13. The van der Waals surface area contributed by atoms with Gasteiger partial charge in [-0.3, -0.25) is 0 Å². The number of hydrogen-bond acceptors (Lipinski definition) is 2. The molecule has 0 spiro atoms. The number of hydrogen-bond donors (Lipinski definition) is 1. The molecule has 82 valence electrons. The molecule has 0 amide bonds. The van der Waals surface area contributed by atoms with Crippen LogP contribution >= 0.6 is 0 Å². The van der Waals surface area contributed by atoms with Crippen LogP contribution < -0.4 is 10.1 Å². The Morgan fingerprint density at radius 1 is 1.40 bits per heavy atom. The average Bonchev–Trinajstić information content (AvgIpc) is 3.01. The highest BCUT2D eigenvalue weighted by Crippen LogP contribution is 2.48. The second-order valence-electron chi connectivity index (χ2n) is 4.27. The summed E-state index contributed by atoms with van der Waals surface area (Å²) in [6.07, 6.45) is 2.59. The van der Waals surface area contributed by atoms with Gasteiger partial charge in [-0.2, -0.15) is 0 Å². The maximum absolute atomic E-state index is 5.53. The van der Waals surface area contributed by atoms with Gasteiger partial charge in [-0.1, -0.05) is 12.1 Å². The van der Waals surface area contributed by atoms with Gasteiger partial charge in [-0.25, -0.2) is 0 Å². The summed E-state index contributed by atoms with van der Waals surface area (Å²) in [5.41, 5.74) is 1.81. The minimum atomic E-state index is 0.391. The Hall–Kier alpha value is -1.02. The van der Waals surface area contributed by atoms with Crippen molar-refractivity contribution >= 4 is 0 Å². The first-order valence-electron chi connectivity index (χ1n) is 5.69. The van der Waals surface area contributed by atoms with Crippen LogP contribution in [0.15, 0.2) is 24.3 Å². The van der Waals surface area contributed by atoms with Gasteiger partial charge in [-0.15, -0.1) is 0 Å². The Bertz CT molecular complexity index is 331. The highest BCUT2D eigenvalue weighted by Gasteiger charge is 2.43. The van der Waals surface area contributed by atoms with Crippen molar-refractivity contribution in [2.75, 3.05) is 20.2 Å². The van der Waals surface area contributed by atoms with Gasteiger partial charge in [-0.05, 0) is 44.5 Å². The lowest BCUT2D eigenvalue weighted by Crippen LogP contribution is -2.23. The molecule has 1 aromatic rings. The molecule has 0 atom stereocenters. The molecule has 2 rings (SSSR count). The number of nitrogens with one attached hydrogen (secondary N) is 1.